The van der Waals surface area contributed by atoms with E-state index in [1.54, 1.807) is 0 Å². The van der Waals surface area contributed by atoms with E-state index < -0.39 is 0 Å². The van der Waals surface area contributed by atoms with Gasteiger partial charge in [-0.15, -0.1) is 0 Å². The molecule has 3 aliphatic rings. The summed E-state index contributed by atoms with van der Waals surface area (Å²) >= 11 is 0. The highest BCUT2D eigenvalue weighted by Crippen LogP contribution is 2.34. The molecule has 1 aromatic rings. The van der Waals surface area contributed by atoms with Crippen LogP contribution in [0.2, 0.25) is 0 Å². The number of nitrogens with one attached hydrogen (secondary N) is 1. The Kier molecular flexibility index (Phi) is 8.79. The lowest BCUT2D eigenvalue weighted by Crippen LogP contribution is -2.42. The Bertz CT molecular complexity index is 882. The number of fused-ring (bicyclic) bond motifs is 2. The lowest BCUT2D eigenvalue weighted by molar-refractivity contribution is -0.134. The van der Waals surface area contributed by atoms with Crippen molar-refractivity contribution in [3.8, 4) is 5.75 Å². The Morgan fingerprint density at radius 2 is 1.94 bits per heavy atom. The predicted octanol–water partition coefficient (Wildman–Crippen LogP) is 3.49. The number of nitrogens with zero attached hydrogens (tertiary/aromatic N) is 3. The number of rotatable bonds is 12. The molecule has 2 aliphatic heterocycles. The second-order valence-corrected chi connectivity index (χ2v) is 9.56. The summed E-state index contributed by atoms with van der Waals surface area (Å²) in [6.07, 6.45) is 11.0. The molecule has 1 saturated carbocycles. The van der Waals surface area contributed by atoms with Crippen molar-refractivity contribution in [1.29, 1.82) is 0 Å². The van der Waals surface area contributed by atoms with Gasteiger partial charge in [-0.2, -0.15) is 0 Å². The monoisotopic (exact) mass is 470 g/mol. The van der Waals surface area contributed by atoms with E-state index in [9.17, 15) is 9.59 Å². The third-order valence-corrected chi connectivity index (χ3v) is 7.00. The third kappa shape index (κ3) is 6.29. The number of amides is 2. The topological polar surface area (TPSA) is 94.5 Å². The number of carbonyl (C=O) groups excluding carboxylic acids is 2. The average Bonchev–Trinajstić information content (AvgIpc) is 3.22. The Hall–Kier alpha value is -2.61. The highest BCUT2D eigenvalue weighted by atomic mass is 16.5. The zero-order valence-corrected chi connectivity index (χ0v) is 20.1. The van der Waals surface area contributed by atoms with Crippen LogP contribution in [0.4, 0.5) is 5.69 Å². The fourth-order valence-corrected chi connectivity index (χ4v) is 5.18. The highest BCUT2D eigenvalue weighted by Gasteiger charge is 2.30. The summed E-state index contributed by atoms with van der Waals surface area (Å²) in [6, 6.07) is 6.17. The molecule has 0 aromatic heterocycles. The number of aliphatic hydroxyl groups is 1. The van der Waals surface area contributed by atoms with Gasteiger partial charge in [-0.3, -0.25) is 14.9 Å². The molecule has 4 rings (SSSR count). The fraction of sp³-hybridized carbons (Fsp3) is 0.654. The minimum absolute atomic E-state index is 0.0385. The van der Waals surface area contributed by atoms with Crippen molar-refractivity contribution in [3.05, 3.63) is 23.8 Å². The first-order chi connectivity index (χ1) is 16.7. The molecule has 0 atom stereocenters. The summed E-state index contributed by atoms with van der Waals surface area (Å²) in [5, 5.41) is 11.8. The smallest absolute Gasteiger partial charge is 0.246 e. The SMILES string of the molecule is O=C1CN2Cc3c(cccc3OCCCC(=O)N(CCCCCCO)C3CCCCC3)N=C2N1. The lowest BCUT2D eigenvalue weighted by Gasteiger charge is -2.34. The van der Waals surface area contributed by atoms with Gasteiger partial charge in [-0.1, -0.05) is 38.2 Å². The normalized spacial score (nSPS) is 17.6. The molecule has 2 heterocycles. The number of aliphatic hydroxyl groups excluding tert-OH is 1. The maximum absolute atomic E-state index is 13.1. The van der Waals surface area contributed by atoms with Gasteiger partial charge < -0.3 is 19.6 Å². The molecular weight excluding hydrogens is 432 g/mol. The number of hydrogen-bond donors (Lipinski definition) is 2. The molecule has 8 nitrogen and oxygen atoms in total. The molecule has 2 fully saturated rings. The first-order valence-electron chi connectivity index (χ1n) is 12.9. The van der Waals surface area contributed by atoms with Gasteiger partial charge in [0.25, 0.3) is 0 Å². The van der Waals surface area contributed by atoms with Crippen molar-refractivity contribution in [3.63, 3.8) is 0 Å². The molecule has 8 heteroatoms. The van der Waals surface area contributed by atoms with E-state index in [2.05, 4.69) is 15.2 Å². The van der Waals surface area contributed by atoms with Crippen molar-refractivity contribution in [2.24, 2.45) is 4.99 Å². The van der Waals surface area contributed by atoms with Crippen LogP contribution in [-0.4, -0.2) is 65.0 Å². The first-order valence-corrected chi connectivity index (χ1v) is 12.9. The zero-order chi connectivity index (χ0) is 23.8. The van der Waals surface area contributed by atoms with Crippen LogP contribution in [0.25, 0.3) is 0 Å². The predicted molar refractivity (Wildman–Crippen MR) is 131 cm³/mol. The molecule has 1 aromatic carbocycles. The Morgan fingerprint density at radius 1 is 1.12 bits per heavy atom. The summed E-state index contributed by atoms with van der Waals surface area (Å²) in [6.45, 7) is 2.46. The van der Waals surface area contributed by atoms with Crippen LogP contribution in [0.5, 0.6) is 5.75 Å². The molecule has 34 heavy (non-hydrogen) atoms. The maximum atomic E-state index is 13.1. The number of guanidine groups is 1. The largest absolute Gasteiger partial charge is 0.493 e. The molecule has 186 valence electrons. The zero-order valence-electron chi connectivity index (χ0n) is 20.1. The van der Waals surface area contributed by atoms with Gasteiger partial charge in [0.05, 0.1) is 18.8 Å². The lowest BCUT2D eigenvalue weighted by atomic mass is 9.93. The van der Waals surface area contributed by atoms with Crippen LogP contribution >= 0.6 is 0 Å². The van der Waals surface area contributed by atoms with Gasteiger partial charge in [0.2, 0.25) is 17.8 Å². The minimum atomic E-state index is -0.0385. The number of benzene rings is 1. The second kappa shape index (κ2) is 12.2. The van der Waals surface area contributed by atoms with E-state index in [0.717, 1.165) is 62.1 Å². The van der Waals surface area contributed by atoms with E-state index in [1.165, 1.54) is 19.3 Å². The van der Waals surface area contributed by atoms with Gasteiger partial charge in [0.1, 0.15) is 12.3 Å². The fourth-order valence-electron chi connectivity index (χ4n) is 5.18. The van der Waals surface area contributed by atoms with Crippen LogP contribution in [0.3, 0.4) is 0 Å². The molecule has 2 amide bonds. The van der Waals surface area contributed by atoms with Crippen LogP contribution < -0.4 is 10.1 Å². The van der Waals surface area contributed by atoms with Crippen LogP contribution in [0, 0.1) is 0 Å². The van der Waals surface area contributed by atoms with E-state index in [4.69, 9.17) is 9.84 Å². The number of hydrogen-bond acceptors (Lipinski definition) is 6. The standard InChI is InChI=1S/C26H38N4O4/c31-16-7-2-1-6-15-30(20-10-4-3-5-11-20)25(33)14-9-17-34-23-13-8-12-22-21(23)18-29-19-24(32)28-26(29)27-22/h8,12-13,20,31H,1-7,9-11,14-19H2,(H,27,28,32). The molecule has 2 N–H and O–H groups in total. The summed E-state index contributed by atoms with van der Waals surface area (Å²) in [4.78, 5) is 33.4. The summed E-state index contributed by atoms with van der Waals surface area (Å²) in [7, 11) is 0. The van der Waals surface area contributed by atoms with E-state index >= 15 is 0 Å². The number of unbranched alkanes of at least 4 members (excludes halogenated alkanes) is 3. The Balaban J connectivity index is 1.27. The van der Waals surface area contributed by atoms with Crippen molar-refractivity contribution in [2.45, 2.75) is 83.2 Å². The van der Waals surface area contributed by atoms with Gasteiger partial charge in [-0.05, 0) is 44.2 Å². The van der Waals surface area contributed by atoms with Crippen molar-refractivity contribution < 1.29 is 19.4 Å². The highest BCUT2D eigenvalue weighted by molar-refractivity contribution is 6.05. The van der Waals surface area contributed by atoms with E-state index in [1.807, 2.05) is 23.1 Å². The number of aliphatic imine (C=N–C) groups is 1. The molecule has 1 saturated heterocycles. The Labute approximate surface area is 202 Å². The van der Waals surface area contributed by atoms with Crippen LogP contribution in [0.15, 0.2) is 23.2 Å². The number of carbonyl (C=O) groups is 2. The van der Waals surface area contributed by atoms with Gasteiger partial charge in [0.15, 0.2) is 0 Å². The molecule has 0 unspecified atom stereocenters. The molecular formula is C26H38N4O4. The van der Waals surface area contributed by atoms with Gasteiger partial charge in [0, 0.05) is 31.2 Å². The quantitative estimate of drug-likeness (QED) is 0.456. The van der Waals surface area contributed by atoms with E-state index in [-0.39, 0.29) is 18.4 Å². The van der Waals surface area contributed by atoms with Crippen LogP contribution in [-0.2, 0) is 16.1 Å². The molecule has 1 aliphatic carbocycles. The minimum Gasteiger partial charge on any atom is -0.493 e. The molecule has 0 bridgehead atoms. The van der Waals surface area contributed by atoms with Crippen molar-refractivity contribution >= 4 is 23.5 Å². The summed E-state index contributed by atoms with van der Waals surface area (Å²) in [5.41, 5.74) is 1.81. The van der Waals surface area contributed by atoms with Gasteiger partial charge in [-0.25, -0.2) is 4.99 Å². The molecule has 0 spiro atoms. The second-order valence-electron chi connectivity index (χ2n) is 9.56. The van der Waals surface area contributed by atoms with Crippen molar-refractivity contribution in [2.75, 3.05) is 26.3 Å². The third-order valence-electron chi connectivity index (χ3n) is 7.00. The first kappa shape index (κ1) is 24.5. The van der Waals surface area contributed by atoms with Gasteiger partial charge >= 0.3 is 0 Å². The van der Waals surface area contributed by atoms with Crippen molar-refractivity contribution in [1.82, 2.24) is 15.1 Å². The maximum Gasteiger partial charge on any atom is 0.246 e. The van der Waals surface area contributed by atoms with E-state index in [0.29, 0.717) is 44.5 Å². The summed E-state index contributed by atoms with van der Waals surface area (Å²) < 4.78 is 6.09. The Morgan fingerprint density at radius 3 is 2.76 bits per heavy atom. The van der Waals surface area contributed by atoms with Crippen LogP contribution in [0.1, 0.15) is 76.2 Å². The average molecular weight is 471 g/mol. The number of ether oxygens (including phenoxy) is 1. The summed E-state index contributed by atoms with van der Waals surface area (Å²) in [5.74, 6) is 1.59. The molecule has 0 radical (unpaired) electrons.